The molecule has 0 bridgehead atoms. The van der Waals surface area contributed by atoms with Gasteiger partial charge in [0, 0.05) is 45.4 Å². The third-order valence-electron chi connectivity index (χ3n) is 5.61. The average molecular weight is 352 g/mol. The molecule has 2 aliphatic rings. The third kappa shape index (κ3) is 4.05. The minimum absolute atomic E-state index is 0.313. The molecule has 2 fully saturated rings. The van der Waals surface area contributed by atoms with Gasteiger partial charge in [0.15, 0.2) is 0 Å². The minimum atomic E-state index is 0.313. The summed E-state index contributed by atoms with van der Waals surface area (Å²) in [6.07, 6.45) is 2.36. The van der Waals surface area contributed by atoms with Crippen LogP contribution in [0.25, 0.3) is 0 Å². The fourth-order valence-electron chi connectivity index (χ4n) is 4.34. The van der Waals surface area contributed by atoms with Crippen molar-refractivity contribution in [3.8, 4) is 0 Å². The summed E-state index contributed by atoms with van der Waals surface area (Å²) >= 11 is 6.34. The Kier molecular flexibility index (Phi) is 6.03. The van der Waals surface area contributed by atoms with Gasteiger partial charge in [-0.25, -0.2) is 0 Å². The molecule has 0 saturated carbocycles. The number of rotatable bonds is 5. The first-order valence-corrected chi connectivity index (χ1v) is 9.45. The summed E-state index contributed by atoms with van der Waals surface area (Å²) in [6, 6.07) is 8.79. The predicted octanol–water partition coefficient (Wildman–Crippen LogP) is 2.41. The van der Waals surface area contributed by atoms with Gasteiger partial charge in [0.25, 0.3) is 0 Å². The number of hydrogen-bond acceptors (Lipinski definition) is 4. The number of likely N-dealkylation sites (tertiary alicyclic amines) is 1. The second-order valence-electron chi connectivity index (χ2n) is 7.59. The van der Waals surface area contributed by atoms with Crippen LogP contribution in [0.4, 0.5) is 5.69 Å². The first-order valence-electron chi connectivity index (χ1n) is 9.07. The van der Waals surface area contributed by atoms with Crippen molar-refractivity contribution in [1.29, 1.82) is 0 Å². The Hall–Kier alpha value is -0.810. The molecule has 0 aromatic heterocycles. The Labute approximate surface area is 151 Å². The van der Waals surface area contributed by atoms with Crippen LogP contribution in [0.2, 0.25) is 5.02 Å². The molecule has 0 spiro atoms. The van der Waals surface area contributed by atoms with Crippen molar-refractivity contribution in [3.05, 3.63) is 29.3 Å². The Balaban J connectivity index is 1.56. The number of aliphatic hydroxyl groups is 1. The first kappa shape index (κ1) is 18.0. The van der Waals surface area contributed by atoms with Gasteiger partial charge in [-0.1, -0.05) is 23.7 Å². The molecule has 2 aliphatic heterocycles. The quantitative estimate of drug-likeness (QED) is 0.882. The number of halogens is 1. The molecular formula is C19H30ClN3O. The summed E-state index contributed by atoms with van der Waals surface area (Å²) in [5.41, 5.74) is 1.16. The number of nitrogens with zero attached hydrogens (tertiary/aromatic N) is 3. The zero-order valence-corrected chi connectivity index (χ0v) is 15.6. The van der Waals surface area contributed by atoms with Gasteiger partial charge in [-0.3, -0.25) is 4.90 Å². The number of aliphatic hydroxyl groups excluding tert-OH is 1. The lowest BCUT2D eigenvalue weighted by molar-refractivity contribution is 0.175. The second-order valence-corrected chi connectivity index (χ2v) is 8.00. The van der Waals surface area contributed by atoms with Crippen LogP contribution in [0, 0.1) is 11.8 Å². The van der Waals surface area contributed by atoms with Crippen LogP contribution < -0.4 is 4.90 Å². The van der Waals surface area contributed by atoms with Crippen LogP contribution in [0.15, 0.2) is 24.3 Å². The highest BCUT2D eigenvalue weighted by molar-refractivity contribution is 6.33. The molecular weight excluding hydrogens is 322 g/mol. The Morgan fingerprint density at radius 3 is 2.42 bits per heavy atom. The maximum atomic E-state index is 9.72. The van der Waals surface area contributed by atoms with E-state index in [9.17, 15) is 5.11 Å². The molecule has 2 atom stereocenters. The monoisotopic (exact) mass is 351 g/mol. The van der Waals surface area contributed by atoms with E-state index in [1.165, 1.54) is 12.8 Å². The van der Waals surface area contributed by atoms with Gasteiger partial charge >= 0.3 is 0 Å². The molecule has 2 saturated heterocycles. The number of benzene rings is 1. The second kappa shape index (κ2) is 8.05. The molecule has 3 rings (SSSR count). The van der Waals surface area contributed by atoms with Gasteiger partial charge in [0.1, 0.15) is 0 Å². The molecule has 1 aromatic rings. The molecule has 0 unspecified atom stereocenters. The van der Waals surface area contributed by atoms with Gasteiger partial charge in [0.05, 0.1) is 10.7 Å². The Bertz CT molecular complexity index is 531. The lowest BCUT2D eigenvalue weighted by atomic mass is 9.97. The van der Waals surface area contributed by atoms with E-state index in [1.807, 2.05) is 12.1 Å². The maximum absolute atomic E-state index is 9.72. The van der Waals surface area contributed by atoms with Crippen LogP contribution in [0.5, 0.6) is 0 Å². The van der Waals surface area contributed by atoms with Crippen LogP contribution in [-0.2, 0) is 0 Å². The van der Waals surface area contributed by atoms with E-state index < -0.39 is 0 Å². The molecule has 0 radical (unpaired) electrons. The molecule has 1 N–H and O–H groups in total. The van der Waals surface area contributed by atoms with Crippen molar-refractivity contribution in [2.45, 2.75) is 18.9 Å². The van der Waals surface area contributed by atoms with Crippen molar-refractivity contribution >= 4 is 17.3 Å². The van der Waals surface area contributed by atoms with E-state index in [-0.39, 0.29) is 0 Å². The molecule has 0 aliphatic carbocycles. The summed E-state index contributed by atoms with van der Waals surface area (Å²) in [6.45, 7) is 5.68. The summed E-state index contributed by atoms with van der Waals surface area (Å²) < 4.78 is 0. The van der Waals surface area contributed by atoms with E-state index in [4.69, 9.17) is 11.6 Å². The smallest absolute Gasteiger partial charge is 0.0639 e. The van der Waals surface area contributed by atoms with E-state index >= 15 is 0 Å². The Morgan fingerprint density at radius 1 is 1.12 bits per heavy atom. The van der Waals surface area contributed by atoms with Crippen LogP contribution >= 0.6 is 11.6 Å². The lowest BCUT2D eigenvalue weighted by Crippen LogP contribution is -2.44. The van der Waals surface area contributed by atoms with E-state index in [0.717, 1.165) is 43.4 Å². The molecule has 24 heavy (non-hydrogen) atoms. The number of para-hydroxylation sites is 1. The predicted molar refractivity (Wildman–Crippen MR) is 101 cm³/mol. The summed E-state index contributed by atoms with van der Waals surface area (Å²) in [4.78, 5) is 7.28. The van der Waals surface area contributed by atoms with Gasteiger partial charge in [-0.05, 0) is 50.9 Å². The topological polar surface area (TPSA) is 30.0 Å². The lowest BCUT2D eigenvalue weighted by Gasteiger charge is -2.38. The van der Waals surface area contributed by atoms with Gasteiger partial charge in [-0.15, -0.1) is 0 Å². The number of anilines is 1. The van der Waals surface area contributed by atoms with Crippen molar-refractivity contribution in [2.24, 2.45) is 11.8 Å². The molecule has 134 valence electrons. The van der Waals surface area contributed by atoms with Crippen molar-refractivity contribution in [2.75, 3.05) is 58.3 Å². The fraction of sp³-hybridized carbons (Fsp3) is 0.684. The zero-order chi connectivity index (χ0) is 17.1. The molecule has 0 amide bonds. The van der Waals surface area contributed by atoms with E-state index in [1.54, 1.807) is 0 Å². The summed E-state index contributed by atoms with van der Waals surface area (Å²) in [7, 11) is 4.25. The molecule has 2 heterocycles. The SMILES string of the molecule is CN(C)C[C@@H]1CN(C2CCN(c3ccccc3Cl)CC2)C[C@@H]1CO. The molecule has 5 heteroatoms. The van der Waals surface area contributed by atoms with Gasteiger partial charge in [-0.2, -0.15) is 0 Å². The van der Waals surface area contributed by atoms with Crippen LogP contribution in [0.3, 0.4) is 0 Å². The van der Waals surface area contributed by atoms with Crippen LogP contribution in [0.1, 0.15) is 12.8 Å². The summed E-state index contributed by atoms with van der Waals surface area (Å²) in [5, 5.41) is 10.6. The highest BCUT2D eigenvalue weighted by Crippen LogP contribution is 2.32. The van der Waals surface area contributed by atoms with Crippen LogP contribution in [-0.4, -0.2) is 74.4 Å². The Morgan fingerprint density at radius 2 is 1.79 bits per heavy atom. The zero-order valence-electron chi connectivity index (χ0n) is 14.9. The standard InChI is InChI=1S/C19H30ClN3O/c1-21(2)11-15-12-23(13-16(15)14-24)17-7-9-22(10-8-17)19-6-4-3-5-18(19)20/h3-6,15-17,24H,7-14H2,1-2H3/t15-,16-/m1/s1. The molecule has 1 aromatic carbocycles. The number of piperidine rings is 1. The normalized spacial score (nSPS) is 26.5. The van der Waals surface area contributed by atoms with Gasteiger partial charge in [0.2, 0.25) is 0 Å². The van der Waals surface area contributed by atoms with Crippen molar-refractivity contribution in [3.63, 3.8) is 0 Å². The van der Waals surface area contributed by atoms with Gasteiger partial charge < -0.3 is 14.9 Å². The largest absolute Gasteiger partial charge is 0.396 e. The highest BCUT2D eigenvalue weighted by atomic mass is 35.5. The van der Waals surface area contributed by atoms with E-state index in [2.05, 4.69) is 40.9 Å². The highest BCUT2D eigenvalue weighted by Gasteiger charge is 2.37. The fourth-order valence-corrected chi connectivity index (χ4v) is 4.59. The van der Waals surface area contributed by atoms with Crippen molar-refractivity contribution < 1.29 is 5.11 Å². The minimum Gasteiger partial charge on any atom is -0.396 e. The average Bonchev–Trinajstić information content (AvgIpc) is 2.97. The van der Waals surface area contributed by atoms with E-state index in [0.29, 0.717) is 24.5 Å². The summed E-state index contributed by atoms with van der Waals surface area (Å²) in [5.74, 6) is 1.01. The first-order chi connectivity index (χ1) is 11.6. The number of hydrogen-bond donors (Lipinski definition) is 1. The molecule has 4 nitrogen and oxygen atoms in total. The maximum Gasteiger partial charge on any atom is 0.0639 e. The third-order valence-corrected chi connectivity index (χ3v) is 5.93. The van der Waals surface area contributed by atoms with Crippen molar-refractivity contribution in [1.82, 2.24) is 9.80 Å².